The van der Waals surface area contributed by atoms with Gasteiger partial charge in [0.15, 0.2) is 11.2 Å². The molecule has 0 unspecified atom stereocenters. The van der Waals surface area contributed by atoms with Gasteiger partial charge in [-0.15, -0.1) is 5.73 Å². The van der Waals surface area contributed by atoms with Crippen LogP contribution in [-0.4, -0.2) is 26.6 Å². The number of nitrogens with zero attached hydrogens (tertiary/aromatic N) is 4. The molecule has 0 aliphatic carbocycles. The zero-order valence-corrected chi connectivity index (χ0v) is 7.64. The Kier molecular flexibility index (Phi) is 2.01. The van der Waals surface area contributed by atoms with Crippen LogP contribution in [0.4, 0.5) is 0 Å². The van der Waals surface area contributed by atoms with Crippen LogP contribution in [0.2, 0.25) is 0 Å². The van der Waals surface area contributed by atoms with Gasteiger partial charge in [0.05, 0.1) is 13.3 Å². The van der Waals surface area contributed by atoms with E-state index in [1.165, 1.54) is 6.33 Å². The fraction of sp³-hybridized carbons (Fsp3) is 0.111. The van der Waals surface area contributed by atoms with Gasteiger partial charge in [-0.2, -0.15) is 4.98 Å². The number of imidazole rings is 1. The molecule has 5 nitrogen and oxygen atoms in total. The Bertz CT molecular complexity index is 511. The molecule has 0 radical (unpaired) electrons. The highest BCUT2D eigenvalue weighted by Crippen LogP contribution is 2.18. The van der Waals surface area contributed by atoms with Crippen molar-refractivity contribution < 1.29 is 4.74 Å². The van der Waals surface area contributed by atoms with E-state index in [-0.39, 0.29) is 0 Å². The molecule has 0 saturated carbocycles. The van der Waals surface area contributed by atoms with Gasteiger partial charge in [-0.05, 0) is 0 Å². The second-order valence-electron chi connectivity index (χ2n) is 2.54. The molecule has 2 aromatic rings. The summed E-state index contributed by atoms with van der Waals surface area (Å²) in [5, 5.41) is 0. The summed E-state index contributed by atoms with van der Waals surface area (Å²) in [6.45, 7) is 3.48. The molecule has 0 fully saturated rings. The minimum atomic E-state index is 0.464. The van der Waals surface area contributed by atoms with E-state index in [2.05, 4.69) is 27.3 Å². The lowest BCUT2D eigenvalue weighted by Gasteiger charge is -1.97. The third kappa shape index (κ3) is 1.16. The number of ether oxygens (including phenoxy) is 1. The van der Waals surface area contributed by atoms with E-state index in [1.807, 2.05) is 0 Å². The van der Waals surface area contributed by atoms with Crippen molar-refractivity contribution in [3.63, 3.8) is 0 Å². The Hall–Kier alpha value is -2.13. The molecule has 5 heteroatoms. The highest BCUT2D eigenvalue weighted by atomic mass is 16.5. The quantitative estimate of drug-likeness (QED) is 0.662. The van der Waals surface area contributed by atoms with Gasteiger partial charge in [0, 0.05) is 0 Å². The third-order valence-electron chi connectivity index (χ3n) is 1.75. The van der Waals surface area contributed by atoms with Crippen molar-refractivity contribution >= 4 is 17.4 Å². The summed E-state index contributed by atoms with van der Waals surface area (Å²) >= 11 is 0. The molecule has 0 atom stereocenters. The molecular formula is C9H8N4O. The van der Waals surface area contributed by atoms with Gasteiger partial charge in [0.1, 0.15) is 12.7 Å². The first-order valence-corrected chi connectivity index (χ1v) is 3.94. The molecule has 14 heavy (non-hydrogen) atoms. The second-order valence-corrected chi connectivity index (χ2v) is 2.54. The van der Waals surface area contributed by atoms with Gasteiger partial charge >= 0.3 is 0 Å². The summed E-state index contributed by atoms with van der Waals surface area (Å²) in [5.74, 6) is 0.464. The predicted molar refractivity (Wildman–Crippen MR) is 51.8 cm³/mol. The highest BCUT2D eigenvalue weighted by Gasteiger charge is 2.08. The van der Waals surface area contributed by atoms with Crippen molar-refractivity contribution in [3.8, 4) is 5.88 Å². The maximum atomic E-state index is 5.04. The van der Waals surface area contributed by atoms with E-state index in [9.17, 15) is 0 Å². The molecule has 0 saturated heterocycles. The molecule has 2 aromatic heterocycles. The van der Waals surface area contributed by atoms with Crippen LogP contribution in [0.1, 0.15) is 0 Å². The van der Waals surface area contributed by atoms with Crippen molar-refractivity contribution in [1.29, 1.82) is 0 Å². The lowest BCUT2D eigenvalue weighted by atomic mass is 10.5. The zero-order chi connectivity index (χ0) is 9.97. The van der Waals surface area contributed by atoms with E-state index >= 15 is 0 Å². The molecule has 0 aliphatic rings. The standard InChI is InChI=1S/C9H8N4O/c1-3-4-13-6-12-7-8(13)10-5-11-9(7)14-2/h4-6H,1H2,2H3. The van der Waals surface area contributed by atoms with Gasteiger partial charge in [0.25, 0.3) is 0 Å². The summed E-state index contributed by atoms with van der Waals surface area (Å²) in [4.78, 5) is 12.1. The summed E-state index contributed by atoms with van der Waals surface area (Å²) in [7, 11) is 1.55. The minimum absolute atomic E-state index is 0.464. The van der Waals surface area contributed by atoms with E-state index in [4.69, 9.17) is 4.74 Å². The molecule has 70 valence electrons. The topological polar surface area (TPSA) is 52.8 Å². The largest absolute Gasteiger partial charge is 0.479 e. The molecule has 0 aliphatic heterocycles. The lowest BCUT2D eigenvalue weighted by Crippen LogP contribution is -1.92. The Morgan fingerprint density at radius 2 is 2.36 bits per heavy atom. The average molecular weight is 188 g/mol. The first-order chi connectivity index (χ1) is 6.86. The van der Waals surface area contributed by atoms with Crippen LogP contribution < -0.4 is 4.74 Å². The predicted octanol–water partition coefficient (Wildman–Crippen LogP) is 1.09. The molecule has 0 amide bonds. The summed E-state index contributed by atoms with van der Waals surface area (Å²) in [6.07, 6.45) is 4.68. The minimum Gasteiger partial charge on any atom is -0.479 e. The van der Waals surface area contributed by atoms with Gasteiger partial charge in [-0.1, -0.05) is 6.58 Å². The van der Waals surface area contributed by atoms with Crippen LogP contribution in [-0.2, 0) is 0 Å². The van der Waals surface area contributed by atoms with Gasteiger partial charge in [0.2, 0.25) is 5.88 Å². The van der Waals surface area contributed by atoms with E-state index < -0.39 is 0 Å². The molecule has 0 aromatic carbocycles. The van der Waals surface area contributed by atoms with E-state index in [0.717, 1.165) is 0 Å². The van der Waals surface area contributed by atoms with Crippen LogP contribution in [0, 0.1) is 0 Å². The van der Waals surface area contributed by atoms with Gasteiger partial charge in [-0.3, -0.25) is 4.57 Å². The monoisotopic (exact) mass is 188 g/mol. The van der Waals surface area contributed by atoms with E-state index in [0.29, 0.717) is 17.0 Å². The Morgan fingerprint density at radius 1 is 1.50 bits per heavy atom. The molecule has 0 N–H and O–H groups in total. The number of hydrogen-bond acceptors (Lipinski definition) is 4. The Labute approximate surface area is 80.4 Å². The maximum absolute atomic E-state index is 5.04. The molecule has 0 bridgehead atoms. The Balaban J connectivity index is 2.75. The van der Waals surface area contributed by atoms with Crippen molar-refractivity contribution in [2.24, 2.45) is 0 Å². The van der Waals surface area contributed by atoms with Gasteiger partial charge in [-0.25, -0.2) is 9.97 Å². The SMILES string of the molecule is C=C=Cn1cnc2c(OC)ncnc21. The maximum Gasteiger partial charge on any atom is 0.245 e. The number of hydrogen-bond donors (Lipinski definition) is 0. The number of fused-ring (bicyclic) bond motifs is 1. The van der Waals surface area contributed by atoms with Crippen LogP contribution in [0.25, 0.3) is 17.4 Å². The van der Waals surface area contributed by atoms with Crippen LogP contribution in [0.5, 0.6) is 5.88 Å². The summed E-state index contributed by atoms with van der Waals surface area (Å²) < 4.78 is 6.74. The van der Waals surface area contributed by atoms with Gasteiger partial charge < -0.3 is 4.74 Å². The fourth-order valence-electron chi connectivity index (χ4n) is 1.17. The fourth-order valence-corrected chi connectivity index (χ4v) is 1.17. The molecule has 0 spiro atoms. The van der Waals surface area contributed by atoms with Crippen LogP contribution in [0.3, 0.4) is 0 Å². The highest BCUT2D eigenvalue weighted by molar-refractivity contribution is 5.77. The second kappa shape index (κ2) is 3.32. The Morgan fingerprint density at radius 3 is 3.07 bits per heavy atom. The molecule has 2 heterocycles. The summed E-state index contributed by atoms with van der Waals surface area (Å²) in [5.41, 5.74) is 3.95. The molecule has 2 rings (SSSR count). The smallest absolute Gasteiger partial charge is 0.245 e. The lowest BCUT2D eigenvalue weighted by molar-refractivity contribution is 0.401. The van der Waals surface area contributed by atoms with Crippen LogP contribution >= 0.6 is 0 Å². The van der Waals surface area contributed by atoms with Crippen molar-refractivity contribution in [3.05, 3.63) is 25.0 Å². The zero-order valence-electron chi connectivity index (χ0n) is 7.64. The molecular weight excluding hydrogens is 180 g/mol. The normalized spacial score (nSPS) is 9.79. The van der Waals surface area contributed by atoms with Crippen molar-refractivity contribution in [2.45, 2.75) is 0 Å². The third-order valence-corrected chi connectivity index (χ3v) is 1.75. The van der Waals surface area contributed by atoms with Crippen LogP contribution in [0.15, 0.2) is 25.0 Å². The van der Waals surface area contributed by atoms with Crippen molar-refractivity contribution in [2.75, 3.05) is 7.11 Å². The number of methoxy groups -OCH3 is 1. The summed E-state index contributed by atoms with van der Waals surface area (Å²) in [6, 6.07) is 0. The number of rotatable bonds is 2. The number of aromatic nitrogens is 4. The first kappa shape index (κ1) is 8.47. The van der Waals surface area contributed by atoms with E-state index in [1.54, 1.807) is 24.2 Å². The average Bonchev–Trinajstić information content (AvgIpc) is 2.62. The van der Waals surface area contributed by atoms with Crippen molar-refractivity contribution in [1.82, 2.24) is 19.5 Å². The first-order valence-electron chi connectivity index (χ1n) is 3.94.